The molecule has 0 fully saturated rings. The van der Waals surface area contributed by atoms with Gasteiger partial charge in [-0.3, -0.25) is 0 Å². The van der Waals surface area contributed by atoms with E-state index in [2.05, 4.69) is 216 Å². The second kappa shape index (κ2) is 15.1. The molecule has 0 saturated carbocycles. The van der Waals surface area contributed by atoms with Gasteiger partial charge in [0, 0.05) is 43.9 Å². The van der Waals surface area contributed by atoms with E-state index in [1.807, 2.05) is 24.3 Å². The quantitative estimate of drug-likeness (QED) is 0.156. The van der Waals surface area contributed by atoms with Gasteiger partial charge in [-0.05, 0) is 102 Å². The fourth-order valence-electron chi connectivity index (χ4n) is 11.3. The highest BCUT2D eigenvalue weighted by molar-refractivity contribution is 6.16. The molecule has 0 amide bonds. The first-order valence-electron chi connectivity index (χ1n) is 23.7. The van der Waals surface area contributed by atoms with Crippen molar-refractivity contribution >= 4 is 21.7 Å². The molecule has 3 nitrogen and oxygen atoms in total. The Morgan fingerprint density at radius 1 is 0.265 bits per heavy atom. The summed E-state index contributed by atoms with van der Waals surface area (Å²) in [7, 11) is 0. The first-order valence-corrected chi connectivity index (χ1v) is 23.7. The summed E-state index contributed by atoms with van der Waals surface area (Å²) in [6.45, 7) is 9.41. The maximum Gasteiger partial charge on any atom is 0.160 e. The average Bonchev–Trinajstić information content (AvgIpc) is 3.77. The zero-order valence-corrected chi connectivity index (χ0v) is 38.5. The third kappa shape index (κ3) is 6.23. The van der Waals surface area contributed by atoms with Crippen molar-refractivity contribution in [2.75, 3.05) is 0 Å². The smallest absolute Gasteiger partial charge is 0.160 e. The minimum absolute atomic E-state index is 0.114. The van der Waals surface area contributed by atoms with Crippen LogP contribution >= 0.6 is 0 Å². The Hall–Kier alpha value is -8.27. The van der Waals surface area contributed by atoms with Crippen LogP contribution < -0.4 is 0 Å². The van der Waals surface area contributed by atoms with Crippen molar-refractivity contribution in [1.82, 2.24) is 15.0 Å². The first-order chi connectivity index (χ1) is 33.2. The molecule has 0 aliphatic heterocycles. The van der Waals surface area contributed by atoms with Crippen molar-refractivity contribution in [1.29, 1.82) is 0 Å². The molecular weight excluding hydrogens is 823 g/mol. The molecule has 13 rings (SSSR count). The molecule has 0 spiro atoms. The molecule has 0 bridgehead atoms. The van der Waals surface area contributed by atoms with Gasteiger partial charge in [-0.15, -0.1) is 0 Å². The summed E-state index contributed by atoms with van der Waals surface area (Å²) in [6.07, 6.45) is 0. The Morgan fingerprint density at radius 3 is 1.34 bits per heavy atom. The topological polar surface area (TPSA) is 38.7 Å². The molecule has 322 valence electrons. The lowest BCUT2D eigenvalue weighted by atomic mass is 9.81. The molecule has 2 aromatic heterocycles. The van der Waals surface area contributed by atoms with Crippen LogP contribution in [0.2, 0.25) is 0 Å². The van der Waals surface area contributed by atoms with Gasteiger partial charge in [-0.2, -0.15) is 0 Å². The maximum atomic E-state index is 5.65. The number of aromatic nitrogens is 3. The van der Waals surface area contributed by atoms with Crippen LogP contribution in [0.3, 0.4) is 0 Å². The van der Waals surface area contributed by atoms with Gasteiger partial charge in [0.05, 0.1) is 22.6 Å². The number of hydrogen-bond donors (Lipinski definition) is 0. The van der Waals surface area contributed by atoms with Crippen LogP contribution in [-0.2, 0) is 10.8 Å². The summed E-state index contributed by atoms with van der Waals surface area (Å²) >= 11 is 0. The van der Waals surface area contributed by atoms with E-state index in [1.54, 1.807) is 0 Å². The van der Waals surface area contributed by atoms with E-state index in [4.69, 9.17) is 15.0 Å². The number of rotatable bonds is 6. The molecule has 2 heterocycles. The fourth-order valence-corrected chi connectivity index (χ4v) is 11.3. The highest BCUT2D eigenvalue weighted by Crippen LogP contribution is 2.52. The van der Waals surface area contributed by atoms with Crippen LogP contribution in [0.15, 0.2) is 212 Å². The number of fused-ring (bicyclic) bond motifs is 9. The van der Waals surface area contributed by atoms with Crippen molar-refractivity contribution in [2.45, 2.75) is 38.5 Å². The van der Waals surface area contributed by atoms with Crippen molar-refractivity contribution in [3.63, 3.8) is 0 Å². The molecule has 0 radical (unpaired) electrons. The highest BCUT2D eigenvalue weighted by Gasteiger charge is 2.37. The van der Waals surface area contributed by atoms with Crippen LogP contribution in [0, 0.1) is 0 Å². The molecule has 2 aliphatic carbocycles. The SMILES string of the molecule is CC1(C)c2ccccc2-c2ccc(-c3cc(-c4ccc(-c5cc(-c6ccccc6)nc(-c6ccccc6)n5)cc4)c4cc(-c5ccc6c(c5)C(C)(C)c5ccccc5-6)c5ccccc5c4n3)cc21. The summed E-state index contributed by atoms with van der Waals surface area (Å²) in [6, 6.07) is 77.0. The van der Waals surface area contributed by atoms with Crippen molar-refractivity contribution in [3.8, 4) is 89.7 Å². The Kier molecular flexibility index (Phi) is 8.91. The predicted octanol–water partition coefficient (Wildman–Crippen LogP) is 16.8. The molecular formula is C65H47N3. The first kappa shape index (κ1) is 40.0. The van der Waals surface area contributed by atoms with Crippen molar-refractivity contribution in [2.24, 2.45) is 0 Å². The average molecular weight is 870 g/mol. The largest absolute Gasteiger partial charge is 0.247 e. The minimum Gasteiger partial charge on any atom is -0.247 e. The molecule has 68 heavy (non-hydrogen) atoms. The van der Waals surface area contributed by atoms with Crippen LogP contribution in [-0.4, -0.2) is 15.0 Å². The van der Waals surface area contributed by atoms with Gasteiger partial charge in [-0.25, -0.2) is 15.0 Å². The van der Waals surface area contributed by atoms with E-state index < -0.39 is 0 Å². The maximum absolute atomic E-state index is 5.65. The van der Waals surface area contributed by atoms with E-state index >= 15 is 0 Å². The standard InChI is InChI=1S/C65H47N3/c1-64(2)55-25-15-13-22-47(55)49-33-31-44(35-57(49)64)52-37-54-53(40-27-29-42(30-28-40)61-39-60(41-17-7-5-8-18-41)67-63(68-61)43-19-9-6-10-20-43)38-59(66-62(54)51-24-12-11-21-46(51)52)45-32-34-50-48-23-14-16-26-56(48)65(3,4)58(50)36-45/h5-39H,1-4H3. The molecule has 0 N–H and O–H groups in total. The van der Waals surface area contributed by atoms with Gasteiger partial charge in [0.2, 0.25) is 0 Å². The van der Waals surface area contributed by atoms with Crippen LogP contribution in [0.5, 0.6) is 0 Å². The molecule has 0 unspecified atom stereocenters. The van der Waals surface area contributed by atoms with Crippen LogP contribution in [0.1, 0.15) is 49.9 Å². The summed E-state index contributed by atoms with van der Waals surface area (Å²) in [5.41, 5.74) is 23.0. The van der Waals surface area contributed by atoms with Gasteiger partial charge >= 0.3 is 0 Å². The third-order valence-electron chi connectivity index (χ3n) is 14.9. The number of benzene rings is 9. The van der Waals surface area contributed by atoms with Crippen LogP contribution in [0.25, 0.3) is 111 Å². The van der Waals surface area contributed by atoms with Gasteiger partial charge in [0.1, 0.15) is 0 Å². The molecule has 0 atom stereocenters. The highest BCUT2D eigenvalue weighted by atomic mass is 14.9. The zero-order valence-electron chi connectivity index (χ0n) is 38.5. The number of pyridine rings is 1. The van der Waals surface area contributed by atoms with E-state index in [-0.39, 0.29) is 10.8 Å². The third-order valence-corrected chi connectivity index (χ3v) is 14.9. The fraction of sp³-hybridized carbons (Fsp3) is 0.0923. The monoisotopic (exact) mass is 869 g/mol. The Balaban J connectivity index is 1.01. The summed E-state index contributed by atoms with van der Waals surface area (Å²) in [5.74, 6) is 0.703. The van der Waals surface area contributed by atoms with Gasteiger partial charge < -0.3 is 0 Å². The lowest BCUT2D eigenvalue weighted by Gasteiger charge is -2.22. The van der Waals surface area contributed by atoms with Crippen molar-refractivity contribution in [3.05, 3.63) is 235 Å². The Labute approximate surface area is 397 Å². The lowest BCUT2D eigenvalue weighted by Crippen LogP contribution is -2.15. The van der Waals surface area contributed by atoms with Gasteiger partial charge in [-0.1, -0.05) is 210 Å². The Bertz CT molecular complexity index is 3770. The second-order valence-corrected chi connectivity index (χ2v) is 19.6. The molecule has 2 aliphatic rings. The second-order valence-electron chi connectivity index (χ2n) is 19.6. The minimum atomic E-state index is -0.132. The van der Waals surface area contributed by atoms with E-state index in [9.17, 15) is 0 Å². The normalized spacial score (nSPS) is 13.8. The van der Waals surface area contributed by atoms with Crippen molar-refractivity contribution < 1.29 is 0 Å². The number of nitrogens with zero attached hydrogens (tertiary/aromatic N) is 3. The van der Waals surface area contributed by atoms with Crippen LogP contribution in [0.4, 0.5) is 0 Å². The zero-order chi connectivity index (χ0) is 45.7. The lowest BCUT2D eigenvalue weighted by molar-refractivity contribution is 0.660. The van der Waals surface area contributed by atoms with Gasteiger partial charge in [0.15, 0.2) is 5.82 Å². The predicted molar refractivity (Wildman–Crippen MR) is 283 cm³/mol. The summed E-state index contributed by atoms with van der Waals surface area (Å²) in [4.78, 5) is 15.9. The number of hydrogen-bond acceptors (Lipinski definition) is 3. The molecule has 11 aromatic rings. The van der Waals surface area contributed by atoms with E-state index in [0.717, 1.165) is 66.8 Å². The summed E-state index contributed by atoms with van der Waals surface area (Å²) in [5, 5.41) is 3.45. The summed E-state index contributed by atoms with van der Waals surface area (Å²) < 4.78 is 0. The Morgan fingerprint density at radius 2 is 0.706 bits per heavy atom. The van der Waals surface area contributed by atoms with E-state index in [0.29, 0.717) is 5.82 Å². The molecule has 3 heteroatoms. The van der Waals surface area contributed by atoms with Gasteiger partial charge in [0.25, 0.3) is 0 Å². The molecule has 9 aromatic carbocycles. The van der Waals surface area contributed by atoms with E-state index in [1.165, 1.54) is 61.0 Å². The molecule has 0 saturated heterocycles.